The lowest BCUT2D eigenvalue weighted by atomic mass is 9.87. The van der Waals surface area contributed by atoms with Gasteiger partial charge in [0.05, 0.1) is 6.61 Å². The van der Waals surface area contributed by atoms with Crippen molar-refractivity contribution in [1.29, 1.82) is 0 Å². The molecule has 7 nitrogen and oxygen atoms in total. The first-order chi connectivity index (χ1) is 11.8. The van der Waals surface area contributed by atoms with E-state index in [4.69, 9.17) is 14.2 Å². The van der Waals surface area contributed by atoms with E-state index in [2.05, 4.69) is 15.9 Å². The molecule has 1 heterocycles. The van der Waals surface area contributed by atoms with E-state index in [0.717, 1.165) is 5.56 Å². The zero-order valence-corrected chi connectivity index (χ0v) is 15.2. The number of carbonyl (C=O) groups excluding carboxylic acids is 2. The maximum Gasteiger partial charge on any atom is 0.339 e. The number of carboxylic acids is 1. The molecule has 0 unspecified atom stereocenters. The van der Waals surface area contributed by atoms with E-state index in [9.17, 15) is 19.5 Å². The Morgan fingerprint density at radius 2 is 2.00 bits per heavy atom. The molecule has 1 aromatic carbocycles. The van der Waals surface area contributed by atoms with Crippen molar-refractivity contribution >= 4 is 33.8 Å². The van der Waals surface area contributed by atoms with Gasteiger partial charge in [-0.25, -0.2) is 4.79 Å². The van der Waals surface area contributed by atoms with Crippen molar-refractivity contribution in [3.63, 3.8) is 0 Å². The number of rotatable bonds is 4. The molecule has 2 aliphatic rings. The van der Waals surface area contributed by atoms with Crippen LogP contribution in [0.3, 0.4) is 0 Å². The minimum atomic E-state index is -1.08. The predicted molar refractivity (Wildman–Crippen MR) is 88.6 cm³/mol. The summed E-state index contributed by atoms with van der Waals surface area (Å²) < 4.78 is 17.0. The molecule has 1 aliphatic heterocycles. The first-order valence-electron chi connectivity index (χ1n) is 7.82. The Labute approximate surface area is 152 Å². The van der Waals surface area contributed by atoms with Gasteiger partial charge >= 0.3 is 17.9 Å². The van der Waals surface area contributed by atoms with Crippen LogP contribution in [0.2, 0.25) is 0 Å². The van der Waals surface area contributed by atoms with Gasteiger partial charge in [0.2, 0.25) is 0 Å². The van der Waals surface area contributed by atoms with E-state index in [1.165, 1.54) is 19.9 Å². The summed E-state index contributed by atoms with van der Waals surface area (Å²) in [6.45, 7) is 2.71. The molecule has 0 spiro atoms. The SMILES string of the molecule is CC(=O)OC[C@@H]1[C@H]2c3cc(Br)cc(C(=O)O)c3O[C@H]2C[C@H]1OC(C)=O. The molecule has 0 amide bonds. The molecule has 25 heavy (non-hydrogen) atoms. The lowest BCUT2D eigenvalue weighted by Crippen LogP contribution is -2.28. The van der Waals surface area contributed by atoms with Crippen molar-refractivity contribution in [2.45, 2.75) is 38.4 Å². The number of halogens is 1. The fourth-order valence-electron chi connectivity index (χ4n) is 3.69. The second-order valence-corrected chi connectivity index (χ2v) is 7.12. The van der Waals surface area contributed by atoms with Gasteiger partial charge in [-0.1, -0.05) is 15.9 Å². The van der Waals surface area contributed by atoms with Gasteiger partial charge in [0.1, 0.15) is 23.5 Å². The average Bonchev–Trinajstić information content (AvgIpc) is 2.99. The fourth-order valence-corrected chi connectivity index (χ4v) is 4.16. The smallest absolute Gasteiger partial charge is 0.339 e. The summed E-state index contributed by atoms with van der Waals surface area (Å²) in [6, 6.07) is 3.30. The molecule has 0 radical (unpaired) electrons. The van der Waals surface area contributed by atoms with Crippen LogP contribution in [0.4, 0.5) is 0 Å². The molecule has 1 fully saturated rings. The molecule has 4 atom stereocenters. The Balaban J connectivity index is 1.98. The molecule has 134 valence electrons. The molecule has 0 bridgehead atoms. The van der Waals surface area contributed by atoms with Crippen molar-refractivity contribution in [3.05, 3.63) is 27.7 Å². The van der Waals surface area contributed by atoms with Crippen molar-refractivity contribution in [2.75, 3.05) is 6.61 Å². The van der Waals surface area contributed by atoms with E-state index in [-0.39, 0.29) is 30.1 Å². The third kappa shape index (κ3) is 3.35. The summed E-state index contributed by atoms with van der Waals surface area (Å²) in [4.78, 5) is 34.1. The number of esters is 2. The monoisotopic (exact) mass is 412 g/mol. The number of carbonyl (C=O) groups is 3. The van der Waals surface area contributed by atoms with Crippen LogP contribution in [-0.4, -0.2) is 41.8 Å². The molecule has 0 saturated heterocycles. The second kappa shape index (κ2) is 6.67. The summed E-state index contributed by atoms with van der Waals surface area (Å²) in [6.07, 6.45) is -0.360. The first kappa shape index (κ1) is 17.7. The summed E-state index contributed by atoms with van der Waals surface area (Å²) in [7, 11) is 0. The normalized spacial score (nSPS) is 26.4. The molecule has 0 aromatic heterocycles. The van der Waals surface area contributed by atoms with E-state index < -0.39 is 24.0 Å². The van der Waals surface area contributed by atoms with Crippen molar-refractivity contribution in [3.8, 4) is 5.75 Å². The molecule has 8 heteroatoms. The second-order valence-electron chi connectivity index (χ2n) is 6.21. The van der Waals surface area contributed by atoms with Crippen LogP contribution in [0.1, 0.15) is 42.1 Å². The number of aromatic carboxylic acids is 1. The lowest BCUT2D eigenvalue weighted by molar-refractivity contribution is -0.151. The van der Waals surface area contributed by atoms with Gasteiger partial charge in [0, 0.05) is 42.1 Å². The Hall–Kier alpha value is -2.09. The molecular weight excluding hydrogens is 396 g/mol. The maximum absolute atomic E-state index is 11.5. The number of hydrogen-bond donors (Lipinski definition) is 1. The third-order valence-electron chi connectivity index (χ3n) is 4.54. The Morgan fingerprint density at radius 1 is 1.28 bits per heavy atom. The molecule has 1 aliphatic carbocycles. The van der Waals surface area contributed by atoms with Gasteiger partial charge < -0.3 is 19.3 Å². The van der Waals surface area contributed by atoms with Gasteiger partial charge in [-0.15, -0.1) is 0 Å². The molecule has 1 saturated carbocycles. The van der Waals surface area contributed by atoms with Crippen molar-refractivity contribution in [2.24, 2.45) is 5.92 Å². The minimum absolute atomic E-state index is 0.0756. The van der Waals surface area contributed by atoms with Crippen molar-refractivity contribution in [1.82, 2.24) is 0 Å². The third-order valence-corrected chi connectivity index (χ3v) is 5.00. The maximum atomic E-state index is 11.5. The van der Waals surface area contributed by atoms with Crippen LogP contribution in [0.25, 0.3) is 0 Å². The number of ether oxygens (including phenoxy) is 3. The van der Waals surface area contributed by atoms with E-state index in [1.54, 1.807) is 0 Å². The average molecular weight is 413 g/mol. The number of fused-ring (bicyclic) bond motifs is 3. The lowest BCUT2D eigenvalue weighted by Gasteiger charge is -2.23. The topological polar surface area (TPSA) is 99.1 Å². The Bertz CT molecular complexity index is 745. The van der Waals surface area contributed by atoms with Gasteiger partial charge in [0.25, 0.3) is 0 Å². The Morgan fingerprint density at radius 3 is 2.60 bits per heavy atom. The zero-order chi connectivity index (χ0) is 18.3. The fraction of sp³-hybridized carbons (Fsp3) is 0.471. The van der Waals surface area contributed by atoms with Crippen LogP contribution in [0.5, 0.6) is 5.75 Å². The minimum Gasteiger partial charge on any atom is -0.488 e. The number of benzene rings is 1. The van der Waals surface area contributed by atoms with E-state index >= 15 is 0 Å². The summed E-state index contributed by atoms with van der Waals surface area (Å²) in [5.41, 5.74) is 0.803. The summed E-state index contributed by atoms with van der Waals surface area (Å²) in [5, 5.41) is 9.41. The van der Waals surface area contributed by atoms with Gasteiger partial charge in [-0.3, -0.25) is 9.59 Å². The molecule has 1 N–H and O–H groups in total. The highest BCUT2D eigenvalue weighted by Gasteiger charge is 2.52. The van der Waals surface area contributed by atoms with Gasteiger partial charge in [-0.05, 0) is 12.1 Å². The zero-order valence-electron chi connectivity index (χ0n) is 13.7. The van der Waals surface area contributed by atoms with Crippen LogP contribution >= 0.6 is 15.9 Å². The largest absolute Gasteiger partial charge is 0.488 e. The summed E-state index contributed by atoms with van der Waals surface area (Å²) in [5.74, 6) is -2.10. The highest BCUT2D eigenvalue weighted by molar-refractivity contribution is 9.10. The van der Waals surface area contributed by atoms with Crippen LogP contribution in [0, 0.1) is 5.92 Å². The highest BCUT2D eigenvalue weighted by Crippen LogP contribution is 2.53. The highest BCUT2D eigenvalue weighted by atomic mass is 79.9. The standard InChI is InChI=1S/C17H17BrO7/c1-7(19)23-6-12-13(24-8(2)20)5-14-15(12)10-3-9(18)4-11(17(21)22)16(10)25-14/h3-4,12-15H,5-6H2,1-2H3,(H,21,22)/t12-,13+,14-,15+/m0/s1. The van der Waals surface area contributed by atoms with Crippen LogP contribution in [-0.2, 0) is 19.1 Å². The van der Waals surface area contributed by atoms with Crippen LogP contribution in [0.15, 0.2) is 16.6 Å². The molecular formula is C17H17BrO7. The van der Waals surface area contributed by atoms with E-state index in [0.29, 0.717) is 16.6 Å². The van der Waals surface area contributed by atoms with E-state index in [1.807, 2.05) is 6.07 Å². The number of hydrogen-bond acceptors (Lipinski definition) is 6. The Kier molecular flexibility index (Phi) is 4.73. The van der Waals surface area contributed by atoms with Gasteiger partial charge in [0.15, 0.2) is 0 Å². The molecule has 1 aromatic rings. The summed E-state index contributed by atoms with van der Waals surface area (Å²) >= 11 is 3.33. The predicted octanol–water partition coefficient (Wildman–Crippen LogP) is 2.51. The molecule has 3 rings (SSSR count). The van der Waals surface area contributed by atoms with Gasteiger partial charge in [-0.2, -0.15) is 0 Å². The van der Waals surface area contributed by atoms with Crippen molar-refractivity contribution < 1.29 is 33.7 Å². The quantitative estimate of drug-likeness (QED) is 0.758. The van der Waals surface area contributed by atoms with Crippen LogP contribution < -0.4 is 4.74 Å². The number of carboxylic acid groups (broad SMARTS) is 1. The first-order valence-corrected chi connectivity index (χ1v) is 8.61.